The van der Waals surface area contributed by atoms with Crippen molar-refractivity contribution >= 4 is 27.3 Å². The molecule has 3 aliphatic rings. The predicted molar refractivity (Wildman–Crippen MR) is 87.3 cm³/mol. The molecule has 3 aliphatic carbocycles. The van der Waals surface area contributed by atoms with E-state index in [1.807, 2.05) is 12.1 Å². The number of benzene rings is 1. The number of hydrogen-bond acceptors (Lipinski definition) is 2. The fraction of sp³-hybridized carbons (Fsp3) is 0.667. The standard InChI is InChI=1S/C18H24O2.Pb.2H/c1-18-9-8-14-13-5-3-12(19)10-11(13)2-4-15(14)16(18)6-7-17(18)20;;;/h3,5,10,14-17,19-20H,2,4,6-9H2,1H3;;;/t14-,15-,16+,17+,18+;;;/m1.../s1. The van der Waals surface area contributed by atoms with Crippen LogP contribution in [-0.2, 0) is 6.42 Å². The van der Waals surface area contributed by atoms with Crippen molar-refractivity contribution in [2.75, 3.05) is 0 Å². The molecule has 1 aromatic rings. The first-order valence-electron chi connectivity index (χ1n) is 8.09. The van der Waals surface area contributed by atoms with Crippen LogP contribution >= 0.6 is 0 Å². The third-order valence-electron chi connectivity index (χ3n) is 6.66. The Morgan fingerprint density at radius 3 is 2.76 bits per heavy atom. The van der Waals surface area contributed by atoms with E-state index in [9.17, 15) is 10.2 Å². The molecule has 0 spiro atoms. The third kappa shape index (κ3) is 2.28. The Labute approximate surface area is 147 Å². The molecule has 5 atom stereocenters. The molecule has 2 saturated carbocycles. The van der Waals surface area contributed by atoms with Gasteiger partial charge in [0.25, 0.3) is 0 Å². The van der Waals surface area contributed by atoms with Crippen molar-refractivity contribution in [3.8, 4) is 5.75 Å². The number of aliphatic hydroxyl groups excluding tert-OH is 1. The molecule has 0 aromatic heterocycles. The molecule has 4 rings (SSSR count). The van der Waals surface area contributed by atoms with Crippen molar-refractivity contribution in [2.45, 2.75) is 57.5 Å². The molecule has 1 aromatic carbocycles. The average Bonchev–Trinajstić information content (AvgIpc) is 2.74. The molecular formula is C18H26O2Pb. The van der Waals surface area contributed by atoms with Gasteiger partial charge in [-0.3, -0.25) is 0 Å². The quantitative estimate of drug-likeness (QED) is 0.560. The second-order valence-corrected chi connectivity index (χ2v) is 7.44. The molecule has 21 heavy (non-hydrogen) atoms. The first kappa shape index (κ1) is 15.8. The number of aliphatic hydroxyl groups is 1. The fourth-order valence-corrected chi connectivity index (χ4v) is 5.54. The Morgan fingerprint density at radius 2 is 1.95 bits per heavy atom. The van der Waals surface area contributed by atoms with Gasteiger partial charge in [-0.2, -0.15) is 0 Å². The first-order chi connectivity index (χ1) is 9.59. The van der Waals surface area contributed by atoms with Crippen LogP contribution in [0.15, 0.2) is 18.2 Å². The molecule has 2 N–H and O–H groups in total. The molecular weight excluding hydrogens is 455 g/mol. The van der Waals surface area contributed by atoms with E-state index >= 15 is 0 Å². The van der Waals surface area contributed by atoms with Gasteiger partial charge in [-0.25, -0.2) is 0 Å². The predicted octanol–water partition coefficient (Wildman–Crippen LogP) is 2.69. The van der Waals surface area contributed by atoms with Crippen LogP contribution in [0.3, 0.4) is 0 Å². The average molecular weight is 482 g/mol. The fourth-order valence-electron chi connectivity index (χ4n) is 5.54. The summed E-state index contributed by atoms with van der Waals surface area (Å²) in [4.78, 5) is 0. The summed E-state index contributed by atoms with van der Waals surface area (Å²) in [5, 5.41) is 20.0. The number of aromatic hydroxyl groups is 1. The van der Waals surface area contributed by atoms with Gasteiger partial charge in [0.2, 0.25) is 0 Å². The molecule has 2 fully saturated rings. The molecule has 0 heterocycles. The number of phenolic OH excluding ortho intramolecular Hbond substituents is 1. The Morgan fingerprint density at radius 1 is 1.14 bits per heavy atom. The van der Waals surface area contributed by atoms with E-state index in [-0.39, 0.29) is 38.8 Å². The molecule has 2 radical (unpaired) electrons. The van der Waals surface area contributed by atoms with Crippen molar-refractivity contribution in [1.82, 2.24) is 0 Å². The molecule has 0 bridgehead atoms. The monoisotopic (exact) mass is 482 g/mol. The van der Waals surface area contributed by atoms with E-state index in [1.54, 1.807) is 0 Å². The van der Waals surface area contributed by atoms with Crippen molar-refractivity contribution in [3.05, 3.63) is 29.3 Å². The first-order valence-corrected chi connectivity index (χ1v) is 8.09. The van der Waals surface area contributed by atoms with Crippen LogP contribution in [0.2, 0.25) is 0 Å². The SMILES string of the molecule is C[C@]12CC[C@@H]3c4ccc(O)cc4CC[C@H]3[C@@H]1CC[C@@H]2O.[PbH2]. The van der Waals surface area contributed by atoms with Crippen LogP contribution in [0.25, 0.3) is 0 Å². The zero-order valence-electron chi connectivity index (χ0n) is 12.9. The van der Waals surface area contributed by atoms with Crippen LogP contribution in [0, 0.1) is 17.3 Å². The summed E-state index contributed by atoms with van der Waals surface area (Å²) >= 11 is 0. The number of rotatable bonds is 0. The van der Waals surface area contributed by atoms with Gasteiger partial charge in [0, 0.05) is 0 Å². The van der Waals surface area contributed by atoms with Gasteiger partial charge in [0.05, 0.1) is 6.10 Å². The van der Waals surface area contributed by atoms with E-state index in [0.717, 1.165) is 25.2 Å². The number of phenols is 1. The summed E-state index contributed by atoms with van der Waals surface area (Å²) in [6.45, 7) is 2.32. The summed E-state index contributed by atoms with van der Waals surface area (Å²) < 4.78 is 0. The molecule has 0 amide bonds. The molecule has 0 unspecified atom stereocenters. The minimum atomic E-state index is -0.0883. The van der Waals surface area contributed by atoms with Crippen molar-refractivity contribution in [1.29, 1.82) is 0 Å². The molecule has 3 heteroatoms. The number of hydrogen-bond donors (Lipinski definition) is 2. The Balaban J connectivity index is 0.00000132. The van der Waals surface area contributed by atoms with E-state index < -0.39 is 0 Å². The Hall–Kier alpha value is -0.0979. The topological polar surface area (TPSA) is 40.5 Å². The van der Waals surface area contributed by atoms with Crippen molar-refractivity contribution in [2.24, 2.45) is 17.3 Å². The molecule has 0 aliphatic heterocycles. The number of aryl methyl sites for hydroxylation is 1. The number of fused-ring (bicyclic) bond motifs is 5. The van der Waals surface area contributed by atoms with E-state index in [4.69, 9.17) is 0 Å². The van der Waals surface area contributed by atoms with E-state index in [2.05, 4.69) is 13.0 Å². The Kier molecular flexibility index (Phi) is 4.15. The van der Waals surface area contributed by atoms with Gasteiger partial charge in [0.1, 0.15) is 5.75 Å². The van der Waals surface area contributed by atoms with Crippen LogP contribution in [-0.4, -0.2) is 43.6 Å². The normalized spacial score (nSPS) is 40.7. The van der Waals surface area contributed by atoms with Crippen molar-refractivity contribution in [3.63, 3.8) is 0 Å². The van der Waals surface area contributed by atoms with Crippen LogP contribution < -0.4 is 0 Å². The third-order valence-corrected chi connectivity index (χ3v) is 6.66. The van der Waals surface area contributed by atoms with E-state index in [1.165, 1.54) is 30.4 Å². The second-order valence-electron chi connectivity index (χ2n) is 7.44. The summed E-state index contributed by atoms with van der Waals surface area (Å²) in [5.74, 6) is 2.49. The van der Waals surface area contributed by atoms with Crippen LogP contribution in [0.5, 0.6) is 5.75 Å². The van der Waals surface area contributed by atoms with Gasteiger partial charge >= 0.3 is 27.3 Å². The maximum atomic E-state index is 10.4. The van der Waals surface area contributed by atoms with E-state index in [0.29, 0.717) is 17.6 Å². The van der Waals surface area contributed by atoms with Crippen LogP contribution in [0.4, 0.5) is 0 Å². The van der Waals surface area contributed by atoms with Crippen LogP contribution in [0.1, 0.15) is 56.1 Å². The maximum absolute atomic E-state index is 10.4. The summed E-state index contributed by atoms with van der Waals surface area (Å²) in [5.41, 5.74) is 2.99. The second kappa shape index (κ2) is 5.52. The van der Waals surface area contributed by atoms with Gasteiger partial charge in [0.15, 0.2) is 0 Å². The zero-order valence-corrected chi connectivity index (χ0v) is 18.4. The molecule has 114 valence electrons. The summed E-state index contributed by atoms with van der Waals surface area (Å²) in [7, 11) is 0. The molecule has 0 saturated heterocycles. The van der Waals surface area contributed by atoms with Gasteiger partial charge in [-0.05, 0) is 85.0 Å². The summed E-state index contributed by atoms with van der Waals surface area (Å²) in [6, 6.07) is 5.96. The van der Waals surface area contributed by atoms with Crippen molar-refractivity contribution < 1.29 is 10.2 Å². The zero-order chi connectivity index (χ0) is 13.9. The van der Waals surface area contributed by atoms with Gasteiger partial charge in [-0.15, -0.1) is 0 Å². The minimum absolute atomic E-state index is 0. The molecule has 2 nitrogen and oxygen atoms in total. The summed E-state index contributed by atoms with van der Waals surface area (Å²) in [6.07, 6.45) is 6.78. The van der Waals surface area contributed by atoms with Gasteiger partial charge in [-0.1, -0.05) is 13.0 Å². The Bertz CT molecular complexity index is 544. The van der Waals surface area contributed by atoms with Gasteiger partial charge < -0.3 is 10.2 Å².